The van der Waals surface area contributed by atoms with E-state index in [4.69, 9.17) is 0 Å². The van der Waals surface area contributed by atoms with Crippen LogP contribution in [0.15, 0.2) is 24.3 Å². The molecule has 0 aliphatic rings. The second-order valence-corrected chi connectivity index (χ2v) is 5.89. The van der Waals surface area contributed by atoms with E-state index in [0.717, 1.165) is 31.5 Å². The van der Waals surface area contributed by atoms with E-state index in [1.165, 1.54) is 5.56 Å². The van der Waals surface area contributed by atoms with Crippen LogP contribution in [0, 0.1) is 12.3 Å². The molecule has 0 saturated heterocycles. The molecule has 0 bridgehead atoms. The third-order valence-electron chi connectivity index (χ3n) is 3.76. The van der Waals surface area contributed by atoms with E-state index < -0.39 is 0 Å². The molecule has 0 radical (unpaired) electrons. The zero-order valence-electron chi connectivity index (χ0n) is 13.0. The van der Waals surface area contributed by atoms with Gasteiger partial charge in [-0.15, -0.1) is 0 Å². The van der Waals surface area contributed by atoms with Crippen molar-refractivity contribution in [3.05, 3.63) is 29.8 Å². The lowest BCUT2D eigenvalue weighted by Gasteiger charge is -2.31. The summed E-state index contributed by atoms with van der Waals surface area (Å²) in [5.74, 6) is 0.231. The number of carbonyl (C=O) groups excluding carboxylic acids is 1. The van der Waals surface area contributed by atoms with Crippen LogP contribution in [0.4, 0.5) is 5.69 Å². The van der Waals surface area contributed by atoms with E-state index in [-0.39, 0.29) is 11.3 Å². The monoisotopic (exact) mass is 261 g/mol. The minimum atomic E-state index is -0.294. The summed E-state index contributed by atoms with van der Waals surface area (Å²) >= 11 is 0. The Balaban J connectivity index is 3.04. The minimum Gasteiger partial charge on any atom is -0.312 e. The standard InChI is InChI=1S/C17H27NO/c1-6-8-12-18(16(19)17(4,5)7-2)15-11-9-10-14(3)13-15/h9-11,13H,6-8,12H2,1-5H3. The van der Waals surface area contributed by atoms with Crippen LogP contribution in [0.5, 0.6) is 0 Å². The predicted molar refractivity (Wildman–Crippen MR) is 82.5 cm³/mol. The van der Waals surface area contributed by atoms with E-state index in [2.05, 4.69) is 32.9 Å². The van der Waals surface area contributed by atoms with Gasteiger partial charge >= 0.3 is 0 Å². The van der Waals surface area contributed by atoms with Crippen molar-refractivity contribution >= 4 is 11.6 Å². The highest BCUT2D eigenvalue weighted by atomic mass is 16.2. The highest BCUT2D eigenvalue weighted by molar-refractivity contribution is 5.97. The summed E-state index contributed by atoms with van der Waals surface area (Å²) in [6.45, 7) is 11.2. The van der Waals surface area contributed by atoms with Crippen LogP contribution in [0.2, 0.25) is 0 Å². The van der Waals surface area contributed by atoms with E-state index in [9.17, 15) is 4.79 Å². The summed E-state index contributed by atoms with van der Waals surface area (Å²) in [6, 6.07) is 8.22. The van der Waals surface area contributed by atoms with E-state index >= 15 is 0 Å². The lowest BCUT2D eigenvalue weighted by atomic mass is 9.88. The third kappa shape index (κ3) is 4.09. The summed E-state index contributed by atoms with van der Waals surface area (Å²) in [5.41, 5.74) is 1.93. The number of hydrogen-bond donors (Lipinski definition) is 0. The van der Waals surface area contributed by atoms with Gasteiger partial charge in [-0.25, -0.2) is 0 Å². The molecule has 1 aromatic rings. The molecular weight excluding hydrogens is 234 g/mol. The largest absolute Gasteiger partial charge is 0.312 e. The summed E-state index contributed by atoms with van der Waals surface area (Å²) in [4.78, 5) is 14.7. The fourth-order valence-corrected chi connectivity index (χ4v) is 1.98. The van der Waals surface area contributed by atoms with Crippen molar-refractivity contribution in [1.82, 2.24) is 0 Å². The van der Waals surface area contributed by atoms with Gasteiger partial charge in [0.05, 0.1) is 0 Å². The Labute approximate surface area is 117 Å². The van der Waals surface area contributed by atoms with Gasteiger partial charge in [-0.2, -0.15) is 0 Å². The molecule has 0 heterocycles. The van der Waals surface area contributed by atoms with Crippen molar-refractivity contribution in [1.29, 1.82) is 0 Å². The van der Waals surface area contributed by atoms with Gasteiger partial charge in [0.15, 0.2) is 0 Å². The maximum Gasteiger partial charge on any atom is 0.232 e. The Morgan fingerprint density at radius 3 is 2.47 bits per heavy atom. The van der Waals surface area contributed by atoms with Crippen LogP contribution < -0.4 is 4.90 Å². The molecule has 0 aliphatic heterocycles. The zero-order valence-corrected chi connectivity index (χ0v) is 13.0. The van der Waals surface area contributed by atoms with Gasteiger partial charge in [0, 0.05) is 17.6 Å². The summed E-state index contributed by atoms with van der Waals surface area (Å²) in [6.07, 6.45) is 3.00. The number of carbonyl (C=O) groups is 1. The summed E-state index contributed by atoms with van der Waals surface area (Å²) in [5, 5.41) is 0. The van der Waals surface area contributed by atoms with E-state index in [0.29, 0.717) is 0 Å². The Morgan fingerprint density at radius 2 is 1.95 bits per heavy atom. The molecule has 2 heteroatoms. The molecule has 106 valence electrons. The van der Waals surface area contributed by atoms with Gasteiger partial charge in [-0.05, 0) is 37.5 Å². The molecule has 0 fully saturated rings. The van der Waals surface area contributed by atoms with Gasteiger partial charge in [0.2, 0.25) is 5.91 Å². The smallest absolute Gasteiger partial charge is 0.232 e. The second kappa shape index (κ2) is 6.74. The average molecular weight is 261 g/mol. The predicted octanol–water partition coefficient (Wildman–Crippen LogP) is 4.56. The number of benzene rings is 1. The molecule has 19 heavy (non-hydrogen) atoms. The maximum atomic E-state index is 12.7. The van der Waals surface area contributed by atoms with Crippen molar-refractivity contribution in [3.8, 4) is 0 Å². The number of rotatable bonds is 6. The van der Waals surface area contributed by atoms with Gasteiger partial charge in [0.25, 0.3) is 0 Å². The highest BCUT2D eigenvalue weighted by Gasteiger charge is 2.30. The number of amides is 1. The lowest BCUT2D eigenvalue weighted by Crippen LogP contribution is -2.41. The molecule has 0 saturated carbocycles. The van der Waals surface area contributed by atoms with Crippen molar-refractivity contribution in [2.45, 2.75) is 53.9 Å². The first kappa shape index (κ1) is 15.7. The topological polar surface area (TPSA) is 20.3 Å². The Morgan fingerprint density at radius 1 is 1.26 bits per heavy atom. The van der Waals surface area contributed by atoms with Crippen LogP contribution >= 0.6 is 0 Å². The Kier molecular flexibility index (Phi) is 5.59. The number of hydrogen-bond acceptors (Lipinski definition) is 1. The quantitative estimate of drug-likeness (QED) is 0.735. The van der Waals surface area contributed by atoms with E-state index in [1.807, 2.05) is 30.9 Å². The lowest BCUT2D eigenvalue weighted by molar-refractivity contribution is -0.126. The van der Waals surface area contributed by atoms with Crippen LogP contribution in [-0.4, -0.2) is 12.5 Å². The summed E-state index contributed by atoms with van der Waals surface area (Å²) < 4.78 is 0. The maximum absolute atomic E-state index is 12.7. The van der Waals surface area contributed by atoms with Gasteiger partial charge in [-0.1, -0.05) is 46.2 Å². The van der Waals surface area contributed by atoms with Crippen LogP contribution in [0.1, 0.15) is 52.5 Å². The highest BCUT2D eigenvalue weighted by Crippen LogP contribution is 2.27. The average Bonchev–Trinajstić information content (AvgIpc) is 2.39. The number of unbranched alkanes of at least 4 members (excludes halogenated alkanes) is 1. The fourth-order valence-electron chi connectivity index (χ4n) is 1.98. The van der Waals surface area contributed by atoms with Crippen molar-refractivity contribution in [2.75, 3.05) is 11.4 Å². The molecule has 0 N–H and O–H groups in total. The number of nitrogens with zero attached hydrogens (tertiary/aromatic N) is 1. The molecule has 0 aromatic heterocycles. The number of aryl methyl sites for hydroxylation is 1. The molecular formula is C17H27NO. The van der Waals surface area contributed by atoms with Gasteiger partial charge < -0.3 is 4.90 Å². The molecule has 1 amide bonds. The number of anilines is 1. The third-order valence-corrected chi connectivity index (χ3v) is 3.76. The molecule has 0 unspecified atom stereocenters. The van der Waals surface area contributed by atoms with Crippen molar-refractivity contribution < 1.29 is 4.79 Å². The molecule has 0 spiro atoms. The molecule has 1 rings (SSSR count). The normalized spacial score (nSPS) is 11.4. The van der Waals surface area contributed by atoms with E-state index in [1.54, 1.807) is 0 Å². The Hall–Kier alpha value is -1.31. The summed E-state index contributed by atoms with van der Waals surface area (Å²) in [7, 11) is 0. The SMILES string of the molecule is CCCCN(C(=O)C(C)(C)CC)c1cccc(C)c1. The van der Waals surface area contributed by atoms with Gasteiger partial charge in [0.1, 0.15) is 0 Å². The second-order valence-electron chi connectivity index (χ2n) is 5.89. The van der Waals surface area contributed by atoms with Crippen LogP contribution in [0.3, 0.4) is 0 Å². The molecule has 0 aliphatic carbocycles. The molecule has 0 atom stereocenters. The van der Waals surface area contributed by atoms with Crippen LogP contribution in [-0.2, 0) is 4.79 Å². The van der Waals surface area contributed by atoms with Crippen molar-refractivity contribution in [3.63, 3.8) is 0 Å². The molecule has 1 aromatic carbocycles. The van der Waals surface area contributed by atoms with Crippen molar-refractivity contribution in [2.24, 2.45) is 5.41 Å². The van der Waals surface area contributed by atoms with Gasteiger partial charge in [-0.3, -0.25) is 4.79 Å². The first-order valence-corrected chi connectivity index (χ1v) is 7.31. The Bertz CT molecular complexity index is 423. The first-order chi connectivity index (χ1) is 8.92. The first-order valence-electron chi connectivity index (χ1n) is 7.31. The van der Waals surface area contributed by atoms with Crippen LogP contribution in [0.25, 0.3) is 0 Å². The minimum absolute atomic E-state index is 0.231. The fraction of sp³-hybridized carbons (Fsp3) is 0.588. The molecule has 2 nitrogen and oxygen atoms in total. The zero-order chi connectivity index (χ0) is 14.5.